The number of rotatable bonds is 3. The Morgan fingerprint density at radius 2 is 2.10 bits per heavy atom. The number of aliphatic hydroxyl groups excluding tert-OH is 1. The van der Waals surface area contributed by atoms with Crippen molar-refractivity contribution < 1.29 is 15.0 Å². The van der Waals surface area contributed by atoms with Crippen LogP contribution >= 0.6 is 0 Å². The molecule has 2 rings (SSSR count). The lowest BCUT2D eigenvalue weighted by molar-refractivity contribution is -0.139. The van der Waals surface area contributed by atoms with Gasteiger partial charge in [0.1, 0.15) is 11.9 Å². The Balaban J connectivity index is 2.25. The van der Waals surface area contributed by atoms with Gasteiger partial charge in [-0.1, -0.05) is 32.9 Å². The highest BCUT2D eigenvalue weighted by atomic mass is 16.4. The molecule has 4 N–H and O–H groups in total. The number of nitrogens with zero attached hydrogens (tertiary/aromatic N) is 1. The Bertz CT molecular complexity index is 564. The molecule has 6 heteroatoms. The SMILES string of the molecule is CC(C)(C)CC(NC1=NC(O)Nc2ccccc21)C(=O)O. The highest BCUT2D eigenvalue weighted by molar-refractivity contribution is 6.06. The van der Waals surface area contributed by atoms with E-state index in [1.807, 2.05) is 45.0 Å². The number of fused-ring (bicyclic) bond motifs is 1. The molecule has 21 heavy (non-hydrogen) atoms. The number of benzene rings is 1. The van der Waals surface area contributed by atoms with Crippen LogP contribution in [0.3, 0.4) is 0 Å². The molecule has 114 valence electrons. The fraction of sp³-hybridized carbons (Fsp3) is 0.467. The Labute approximate surface area is 123 Å². The van der Waals surface area contributed by atoms with Crippen molar-refractivity contribution in [2.75, 3.05) is 5.32 Å². The summed E-state index contributed by atoms with van der Waals surface area (Å²) < 4.78 is 0. The maximum absolute atomic E-state index is 11.4. The zero-order valence-electron chi connectivity index (χ0n) is 12.4. The predicted molar refractivity (Wildman–Crippen MR) is 81.2 cm³/mol. The summed E-state index contributed by atoms with van der Waals surface area (Å²) >= 11 is 0. The summed E-state index contributed by atoms with van der Waals surface area (Å²) in [5.74, 6) is -0.536. The van der Waals surface area contributed by atoms with Gasteiger partial charge in [0.2, 0.25) is 6.35 Å². The average molecular weight is 291 g/mol. The molecule has 1 heterocycles. The van der Waals surface area contributed by atoms with E-state index in [9.17, 15) is 15.0 Å². The summed E-state index contributed by atoms with van der Waals surface area (Å²) in [7, 11) is 0. The summed E-state index contributed by atoms with van der Waals surface area (Å²) in [6.45, 7) is 5.95. The Kier molecular flexibility index (Phi) is 4.18. The number of carboxylic acid groups (broad SMARTS) is 1. The van der Waals surface area contributed by atoms with E-state index in [0.29, 0.717) is 12.3 Å². The first-order valence-corrected chi connectivity index (χ1v) is 6.87. The molecule has 0 aromatic heterocycles. The third-order valence-electron chi connectivity index (χ3n) is 3.14. The summed E-state index contributed by atoms with van der Waals surface area (Å²) in [4.78, 5) is 15.5. The van der Waals surface area contributed by atoms with Crippen LogP contribution < -0.4 is 10.6 Å². The fourth-order valence-electron chi connectivity index (χ4n) is 2.27. The molecule has 0 saturated heterocycles. The van der Waals surface area contributed by atoms with Gasteiger partial charge in [0, 0.05) is 11.3 Å². The molecule has 0 radical (unpaired) electrons. The van der Waals surface area contributed by atoms with E-state index in [-0.39, 0.29) is 5.41 Å². The van der Waals surface area contributed by atoms with Crippen LogP contribution in [0.1, 0.15) is 32.8 Å². The maximum atomic E-state index is 11.4. The van der Waals surface area contributed by atoms with Crippen LogP contribution in [0.4, 0.5) is 5.69 Å². The highest BCUT2D eigenvalue weighted by Crippen LogP contribution is 2.24. The molecule has 0 saturated carbocycles. The third-order valence-corrected chi connectivity index (χ3v) is 3.14. The number of amidine groups is 1. The van der Waals surface area contributed by atoms with Crippen LogP contribution in [0.15, 0.2) is 29.3 Å². The second kappa shape index (κ2) is 5.73. The number of hydrogen-bond acceptors (Lipinski definition) is 5. The fourth-order valence-corrected chi connectivity index (χ4v) is 2.27. The Morgan fingerprint density at radius 1 is 1.43 bits per heavy atom. The van der Waals surface area contributed by atoms with Crippen molar-refractivity contribution in [1.82, 2.24) is 5.32 Å². The molecule has 0 aliphatic carbocycles. The Morgan fingerprint density at radius 3 is 2.71 bits per heavy atom. The molecule has 6 nitrogen and oxygen atoms in total. The van der Waals surface area contributed by atoms with E-state index in [2.05, 4.69) is 15.6 Å². The topological polar surface area (TPSA) is 94.0 Å². The molecule has 1 aliphatic heterocycles. The van der Waals surface area contributed by atoms with Gasteiger partial charge >= 0.3 is 5.97 Å². The van der Waals surface area contributed by atoms with Gasteiger partial charge in [-0.2, -0.15) is 0 Å². The van der Waals surface area contributed by atoms with Gasteiger partial charge in [0.05, 0.1) is 0 Å². The zero-order valence-corrected chi connectivity index (χ0v) is 12.4. The van der Waals surface area contributed by atoms with Gasteiger partial charge in [-0.15, -0.1) is 0 Å². The first kappa shape index (κ1) is 15.3. The van der Waals surface area contributed by atoms with Crippen molar-refractivity contribution in [3.63, 3.8) is 0 Å². The van der Waals surface area contributed by atoms with Crippen LogP contribution in [0.5, 0.6) is 0 Å². The second-order valence-corrected chi connectivity index (χ2v) is 6.34. The Hall–Kier alpha value is -2.08. The monoisotopic (exact) mass is 291 g/mol. The number of carboxylic acids is 1. The van der Waals surface area contributed by atoms with Gasteiger partial charge in [-0.25, -0.2) is 9.79 Å². The molecular weight excluding hydrogens is 270 g/mol. The highest BCUT2D eigenvalue weighted by Gasteiger charge is 2.28. The van der Waals surface area contributed by atoms with Gasteiger partial charge in [0.15, 0.2) is 0 Å². The summed E-state index contributed by atoms with van der Waals surface area (Å²) in [5.41, 5.74) is 1.34. The molecule has 2 unspecified atom stereocenters. The normalized spacial score (nSPS) is 19.0. The van der Waals surface area contributed by atoms with Gasteiger partial charge in [-0.05, 0) is 24.0 Å². The van der Waals surface area contributed by atoms with E-state index < -0.39 is 18.4 Å². The lowest BCUT2D eigenvalue weighted by Gasteiger charge is -2.28. The molecule has 0 bridgehead atoms. The standard InChI is InChI=1S/C15H21N3O3/c1-15(2,3)8-11(13(19)20)16-12-9-6-4-5-7-10(9)17-14(21)18-12/h4-7,11,14,17,21H,8H2,1-3H3,(H,16,18)(H,19,20). The van der Waals surface area contributed by atoms with E-state index in [1.54, 1.807) is 0 Å². The third kappa shape index (κ3) is 3.95. The predicted octanol–water partition coefficient (Wildman–Crippen LogP) is 1.61. The molecule has 0 spiro atoms. The quantitative estimate of drug-likeness (QED) is 0.679. The second-order valence-electron chi connectivity index (χ2n) is 6.34. The van der Waals surface area contributed by atoms with Crippen LogP contribution in [-0.4, -0.2) is 34.4 Å². The zero-order chi connectivity index (χ0) is 15.6. The minimum absolute atomic E-state index is 0.137. The van der Waals surface area contributed by atoms with Gasteiger partial charge in [-0.3, -0.25) is 0 Å². The lowest BCUT2D eigenvalue weighted by Crippen LogP contribution is -2.45. The molecule has 2 atom stereocenters. The molecule has 1 aromatic carbocycles. The van der Waals surface area contributed by atoms with Crippen LogP contribution in [0.2, 0.25) is 0 Å². The minimum atomic E-state index is -1.08. The van der Waals surface area contributed by atoms with Gasteiger partial charge < -0.3 is 20.8 Å². The van der Waals surface area contributed by atoms with E-state index in [1.165, 1.54) is 0 Å². The number of para-hydroxylation sites is 1. The van der Waals surface area contributed by atoms with Crippen LogP contribution in [0.25, 0.3) is 0 Å². The molecule has 1 aliphatic rings. The summed E-state index contributed by atoms with van der Waals surface area (Å²) in [6.07, 6.45) is -0.626. The first-order chi connectivity index (χ1) is 9.76. The smallest absolute Gasteiger partial charge is 0.326 e. The lowest BCUT2D eigenvalue weighted by atomic mass is 9.88. The van der Waals surface area contributed by atoms with E-state index >= 15 is 0 Å². The van der Waals surface area contributed by atoms with E-state index in [4.69, 9.17) is 0 Å². The summed E-state index contributed by atoms with van der Waals surface area (Å²) in [5, 5.41) is 24.9. The molecule has 0 fully saturated rings. The van der Waals surface area contributed by atoms with Crippen molar-refractivity contribution in [1.29, 1.82) is 0 Å². The number of aliphatic hydroxyl groups is 1. The van der Waals surface area contributed by atoms with Gasteiger partial charge in [0.25, 0.3) is 0 Å². The van der Waals surface area contributed by atoms with Crippen molar-refractivity contribution in [3.05, 3.63) is 29.8 Å². The van der Waals surface area contributed by atoms with Crippen molar-refractivity contribution in [3.8, 4) is 0 Å². The van der Waals surface area contributed by atoms with Crippen LogP contribution in [-0.2, 0) is 4.79 Å². The number of carbonyl (C=O) groups is 1. The number of nitrogens with one attached hydrogen (secondary N) is 2. The minimum Gasteiger partial charge on any atom is -0.480 e. The largest absolute Gasteiger partial charge is 0.480 e. The number of anilines is 1. The van der Waals surface area contributed by atoms with Crippen molar-refractivity contribution in [2.24, 2.45) is 10.4 Å². The molecule has 1 aromatic rings. The number of hydrogen-bond donors (Lipinski definition) is 4. The van der Waals surface area contributed by atoms with Crippen molar-refractivity contribution >= 4 is 17.5 Å². The molecular formula is C15H21N3O3. The average Bonchev–Trinajstić information content (AvgIpc) is 2.36. The van der Waals surface area contributed by atoms with Crippen molar-refractivity contribution in [2.45, 2.75) is 39.6 Å². The first-order valence-electron chi connectivity index (χ1n) is 6.87. The van der Waals surface area contributed by atoms with Crippen LogP contribution in [0, 0.1) is 5.41 Å². The maximum Gasteiger partial charge on any atom is 0.326 e. The number of aliphatic carboxylic acids is 1. The van der Waals surface area contributed by atoms with E-state index in [0.717, 1.165) is 11.3 Å². The number of aliphatic imine (C=N–C) groups is 1. The molecule has 0 amide bonds. The summed E-state index contributed by atoms with van der Waals surface area (Å²) in [6, 6.07) is 6.56.